The van der Waals surface area contributed by atoms with Gasteiger partial charge in [0, 0.05) is 24.2 Å². The molecule has 0 bridgehead atoms. The van der Waals surface area contributed by atoms with E-state index in [0.717, 1.165) is 38.9 Å². The smallest absolute Gasteiger partial charge is 0.353 e. The Morgan fingerprint density at radius 1 is 0.892 bits per heavy atom. The SMILES string of the molecule is CC(O)c1ccc(-n2nc(-c3nc4ncccn4n3)[n+]3ccc4ncc(-c5ccccc5)cc4c23)cc1. The number of benzene rings is 2. The van der Waals surface area contributed by atoms with E-state index in [-0.39, 0.29) is 0 Å². The molecule has 0 saturated carbocycles. The average molecular weight is 486 g/mol. The van der Waals surface area contributed by atoms with Gasteiger partial charge in [-0.05, 0) is 48.4 Å². The maximum Gasteiger partial charge on any atom is 0.353 e. The van der Waals surface area contributed by atoms with E-state index in [9.17, 15) is 5.11 Å². The molecule has 5 heterocycles. The highest BCUT2D eigenvalue weighted by molar-refractivity contribution is 5.93. The van der Waals surface area contributed by atoms with Gasteiger partial charge < -0.3 is 5.11 Å². The first-order valence-corrected chi connectivity index (χ1v) is 11.9. The Hall–Kier alpha value is -5.02. The van der Waals surface area contributed by atoms with Crippen molar-refractivity contribution in [1.82, 2.24) is 34.3 Å². The summed E-state index contributed by atoms with van der Waals surface area (Å²) in [6.07, 6.45) is 6.77. The van der Waals surface area contributed by atoms with E-state index >= 15 is 0 Å². The van der Waals surface area contributed by atoms with Crippen molar-refractivity contribution in [2.24, 2.45) is 0 Å². The highest BCUT2D eigenvalue weighted by atomic mass is 16.3. The van der Waals surface area contributed by atoms with Gasteiger partial charge in [-0.3, -0.25) is 4.98 Å². The number of aliphatic hydroxyl groups is 1. The lowest BCUT2D eigenvalue weighted by Crippen LogP contribution is -2.23. The molecule has 7 aromatic rings. The summed E-state index contributed by atoms with van der Waals surface area (Å²) in [5.74, 6) is 1.53. The number of rotatable bonds is 4. The molecule has 9 nitrogen and oxygen atoms in total. The first kappa shape index (κ1) is 21.3. The van der Waals surface area contributed by atoms with Crippen LogP contribution in [-0.4, -0.2) is 39.5 Å². The highest BCUT2D eigenvalue weighted by Gasteiger charge is 2.28. The third-order valence-corrected chi connectivity index (χ3v) is 6.44. The van der Waals surface area contributed by atoms with Gasteiger partial charge in [0.15, 0.2) is 0 Å². The van der Waals surface area contributed by atoms with Crippen LogP contribution in [0.4, 0.5) is 0 Å². The number of hydrogen-bond acceptors (Lipinski definition) is 6. The second-order valence-electron chi connectivity index (χ2n) is 8.83. The van der Waals surface area contributed by atoms with Crippen molar-refractivity contribution in [3.05, 3.63) is 103 Å². The Labute approximate surface area is 211 Å². The van der Waals surface area contributed by atoms with E-state index in [4.69, 9.17) is 10.1 Å². The summed E-state index contributed by atoms with van der Waals surface area (Å²) in [7, 11) is 0. The van der Waals surface area contributed by atoms with Crippen LogP contribution in [0, 0.1) is 0 Å². The van der Waals surface area contributed by atoms with E-state index in [1.807, 2.05) is 82.3 Å². The lowest BCUT2D eigenvalue weighted by molar-refractivity contribution is -0.499. The van der Waals surface area contributed by atoms with Crippen LogP contribution < -0.4 is 4.40 Å². The summed E-state index contributed by atoms with van der Waals surface area (Å²) in [5.41, 5.74) is 5.44. The zero-order valence-corrected chi connectivity index (χ0v) is 19.8. The Kier molecular flexibility index (Phi) is 4.76. The monoisotopic (exact) mass is 485 g/mol. The first-order chi connectivity index (χ1) is 18.2. The molecule has 1 N–H and O–H groups in total. The number of pyridine rings is 2. The third-order valence-electron chi connectivity index (χ3n) is 6.44. The van der Waals surface area contributed by atoms with E-state index in [0.29, 0.717) is 17.4 Å². The van der Waals surface area contributed by atoms with Crippen molar-refractivity contribution in [1.29, 1.82) is 0 Å². The van der Waals surface area contributed by atoms with Gasteiger partial charge in [0.25, 0.3) is 17.2 Å². The van der Waals surface area contributed by atoms with E-state index in [1.54, 1.807) is 17.6 Å². The number of aliphatic hydroxyl groups excluding tert-OH is 1. The molecular weight excluding hydrogens is 464 g/mol. The molecular formula is C28H21N8O+. The van der Waals surface area contributed by atoms with Gasteiger partial charge in [-0.2, -0.15) is 9.38 Å². The fraction of sp³-hybridized carbons (Fsp3) is 0.0714. The van der Waals surface area contributed by atoms with Crippen LogP contribution in [0.15, 0.2) is 97.6 Å². The predicted molar refractivity (Wildman–Crippen MR) is 138 cm³/mol. The summed E-state index contributed by atoms with van der Waals surface area (Å²) < 4.78 is 5.49. The fourth-order valence-electron chi connectivity index (χ4n) is 4.55. The van der Waals surface area contributed by atoms with Crippen LogP contribution in [0.5, 0.6) is 0 Å². The molecule has 0 fully saturated rings. The Morgan fingerprint density at radius 2 is 1.73 bits per heavy atom. The molecule has 0 aliphatic rings. The molecule has 7 rings (SSSR count). The van der Waals surface area contributed by atoms with Gasteiger partial charge in [0.1, 0.15) is 5.69 Å². The predicted octanol–water partition coefficient (Wildman–Crippen LogP) is 3.98. The lowest BCUT2D eigenvalue weighted by Gasteiger charge is -2.05. The van der Waals surface area contributed by atoms with Crippen molar-refractivity contribution in [3.63, 3.8) is 0 Å². The van der Waals surface area contributed by atoms with E-state index in [1.165, 1.54) is 0 Å². The van der Waals surface area contributed by atoms with Gasteiger partial charge in [-0.15, -0.1) is 5.10 Å². The largest absolute Gasteiger partial charge is 0.389 e. The van der Waals surface area contributed by atoms with Crippen LogP contribution >= 0.6 is 0 Å². The van der Waals surface area contributed by atoms with Crippen LogP contribution in [0.2, 0.25) is 0 Å². The molecule has 37 heavy (non-hydrogen) atoms. The minimum atomic E-state index is -0.554. The molecule has 0 radical (unpaired) electrons. The second-order valence-corrected chi connectivity index (χ2v) is 8.83. The summed E-state index contributed by atoms with van der Waals surface area (Å²) in [6, 6.07) is 23.8. The molecule has 0 amide bonds. The topological polar surface area (TPSA) is 98.1 Å². The van der Waals surface area contributed by atoms with Crippen molar-refractivity contribution in [2.75, 3.05) is 0 Å². The lowest BCUT2D eigenvalue weighted by atomic mass is 10.1. The van der Waals surface area contributed by atoms with Gasteiger partial charge in [-0.1, -0.05) is 47.1 Å². The van der Waals surface area contributed by atoms with Gasteiger partial charge in [0.05, 0.1) is 28.3 Å². The second kappa shape index (κ2) is 8.28. The van der Waals surface area contributed by atoms with E-state index < -0.39 is 6.10 Å². The maximum atomic E-state index is 10.00. The molecule has 0 saturated heterocycles. The van der Waals surface area contributed by atoms with E-state index in [2.05, 4.69) is 33.3 Å². The third kappa shape index (κ3) is 3.52. The van der Waals surface area contributed by atoms with Gasteiger partial charge in [-0.25, -0.2) is 9.50 Å². The molecule has 2 aromatic carbocycles. The molecule has 1 unspecified atom stereocenters. The van der Waals surface area contributed by atoms with Crippen LogP contribution in [0.3, 0.4) is 0 Å². The van der Waals surface area contributed by atoms with Crippen molar-refractivity contribution in [2.45, 2.75) is 13.0 Å². The molecule has 0 spiro atoms. The average Bonchev–Trinajstić information content (AvgIpc) is 3.55. The quantitative estimate of drug-likeness (QED) is 0.379. The van der Waals surface area contributed by atoms with Crippen LogP contribution in [0.1, 0.15) is 18.6 Å². The zero-order valence-electron chi connectivity index (χ0n) is 19.8. The Bertz CT molecular complexity index is 1870. The standard InChI is InChI=1S/C28H21N8O/c1-18(37)19-8-10-22(11-9-19)36-27-23-16-21(20-6-3-2-4-7-20)17-30-24(23)12-15-34(27)26(33-36)25-31-28-29-13-5-14-35(28)32-25/h2-18,37H,1H3/q+1. The summed E-state index contributed by atoms with van der Waals surface area (Å²) in [5, 5.41) is 20.5. The number of hydrogen-bond donors (Lipinski definition) is 1. The molecule has 5 aromatic heterocycles. The number of fused-ring (bicyclic) bond motifs is 4. The van der Waals surface area contributed by atoms with Crippen molar-refractivity contribution < 1.29 is 9.51 Å². The first-order valence-electron chi connectivity index (χ1n) is 11.9. The van der Waals surface area contributed by atoms with Gasteiger partial charge >= 0.3 is 5.82 Å². The van der Waals surface area contributed by atoms with Crippen LogP contribution in [-0.2, 0) is 0 Å². The fourth-order valence-corrected chi connectivity index (χ4v) is 4.55. The minimum absolute atomic E-state index is 0.458. The minimum Gasteiger partial charge on any atom is -0.389 e. The van der Waals surface area contributed by atoms with Gasteiger partial charge in [0.2, 0.25) is 0 Å². The summed E-state index contributed by atoms with van der Waals surface area (Å²) >= 11 is 0. The zero-order chi connectivity index (χ0) is 24.9. The van der Waals surface area contributed by atoms with Crippen molar-refractivity contribution in [3.8, 4) is 28.5 Å². The molecule has 0 aliphatic carbocycles. The molecule has 0 aliphatic heterocycles. The highest BCUT2D eigenvalue weighted by Crippen LogP contribution is 2.27. The maximum absolute atomic E-state index is 10.00. The summed E-state index contributed by atoms with van der Waals surface area (Å²) in [6.45, 7) is 1.75. The number of nitrogens with zero attached hydrogens (tertiary/aromatic N) is 8. The molecule has 1 atom stereocenters. The Balaban J connectivity index is 1.53. The molecule has 9 heteroatoms. The van der Waals surface area contributed by atoms with Crippen molar-refractivity contribution >= 4 is 22.3 Å². The molecule has 178 valence electrons. The van der Waals surface area contributed by atoms with Crippen LogP contribution in [0.25, 0.3) is 50.8 Å². The Morgan fingerprint density at radius 3 is 2.51 bits per heavy atom. The summed E-state index contributed by atoms with van der Waals surface area (Å²) in [4.78, 5) is 13.7. The number of aromatic nitrogens is 8. The normalized spacial score (nSPS) is 12.5.